The first-order valence-corrected chi connectivity index (χ1v) is 21.2. The number of H-pyrrole nitrogens is 4. The van der Waals surface area contributed by atoms with Crippen LogP contribution in [-0.4, -0.2) is 83.9 Å². The SMILES string of the molecule is O=c1ccn([C@@H]2O[C@@H](c3c4nc(c(-c5ccc(F)cc5)c5ccc([nH]5)c([C@@H]5O[C@@H](n6ccc(=O)[nH]c6=O)[C@H](O)[C@@H]5O)c5ccc([nH]5)c(-c5ccc(F)cc5)c5nc3C=C5)C=C4)[C@@H](O)[C@H]2O)c(=O)[nH]1. The highest BCUT2D eigenvalue weighted by Crippen LogP contribution is 2.45. The molecule has 9 heterocycles. The van der Waals surface area contributed by atoms with Gasteiger partial charge < -0.3 is 39.9 Å². The van der Waals surface area contributed by atoms with Crippen molar-refractivity contribution in [1.82, 2.24) is 39.0 Å². The number of aliphatic hydroxyl groups excluding tert-OH is 4. The van der Waals surface area contributed by atoms with E-state index in [4.69, 9.17) is 19.4 Å². The monoisotopic (exact) mass is 922 g/mol. The molecule has 0 amide bonds. The molecule has 0 unspecified atom stereocenters. The third-order valence-corrected chi connectivity index (χ3v) is 12.4. The fourth-order valence-electron chi connectivity index (χ4n) is 9.20. The minimum absolute atomic E-state index is 0.204. The zero-order valence-electron chi connectivity index (χ0n) is 34.9. The van der Waals surface area contributed by atoms with Crippen molar-refractivity contribution in [3.05, 3.63) is 185 Å². The number of hydrogen-bond donors (Lipinski definition) is 8. The Hall–Kier alpha value is -7.98. The van der Waals surface area contributed by atoms with Crippen molar-refractivity contribution in [2.45, 2.75) is 49.1 Å². The average Bonchev–Trinajstić information content (AvgIpc) is 4.20. The molecule has 4 aliphatic rings. The van der Waals surface area contributed by atoms with E-state index in [1.807, 2.05) is 0 Å². The van der Waals surface area contributed by atoms with Crippen LogP contribution in [0, 0.1) is 11.6 Å². The standard InChI is InChI=1S/C48H36F2N8O10/c49-23-5-1-21(2-6-23)35-25-9-13-29(51-25)37(43-39(61)41(63)45(67-43)57-19-17-33(59)55-47(57)65)31-15-11-27(53-31)36(22-3-7-24(50)8-4-22)28-12-16-32(54-28)38(30-14-10-26(35)52-30)44-40(62)42(64)46(68-44)58-20-18-34(60)56-48(58)66/h1-20,39-46,51,53,61-64H,(H,55,59,65)(H,56,60,66)/t39-,40-,41+,42+,43-,44-,45+,46+/m0/s1. The van der Waals surface area contributed by atoms with Crippen molar-refractivity contribution < 1.29 is 38.7 Å². The number of hydrogen-bond acceptors (Lipinski definition) is 12. The van der Waals surface area contributed by atoms with Crippen LogP contribution < -0.4 is 22.5 Å². The van der Waals surface area contributed by atoms with Crippen LogP contribution in [0.15, 0.2) is 117 Å². The molecule has 18 nitrogen and oxygen atoms in total. The number of nitrogens with zero attached hydrogens (tertiary/aromatic N) is 4. The molecule has 2 aromatic carbocycles. The summed E-state index contributed by atoms with van der Waals surface area (Å²) < 4.78 is 43.6. The van der Waals surface area contributed by atoms with Crippen LogP contribution in [0.3, 0.4) is 0 Å². The van der Waals surface area contributed by atoms with Crippen molar-refractivity contribution >= 4 is 46.4 Å². The normalized spacial score (nSPS) is 23.1. The topological polar surface area (TPSA) is 266 Å². The lowest BCUT2D eigenvalue weighted by atomic mass is 9.99. The van der Waals surface area contributed by atoms with E-state index in [9.17, 15) is 48.4 Å². The minimum atomic E-state index is -1.68. The van der Waals surface area contributed by atoms with Crippen molar-refractivity contribution in [2.24, 2.45) is 0 Å². The van der Waals surface area contributed by atoms with E-state index in [1.54, 1.807) is 72.8 Å². The third kappa shape index (κ3) is 7.19. The molecule has 0 spiro atoms. The molecule has 5 aromatic heterocycles. The van der Waals surface area contributed by atoms with Crippen LogP contribution in [0.25, 0.3) is 68.6 Å². The summed E-state index contributed by atoms with van der Waals surface area (Å²) in [6.45, 7) is 0. The van der Waals surface area contributed by atoms with Gasteiger partial charge in [0.25, 0.3) is 11.1 Å². The lowest BCUT2D eigenvalue weighted by Crippen LogP contribution is -2.37. The average molecular weight is 923 g/mol. The molecule has 20 heteroatoms. The Morgan fingerprint density at radius 2 is 0.838 bits per heavy atom. The second-order valence-corrected chi connectivity index (χ2v) is 16.5. The first kappa shape index (κ1) is 42.6. The van der Waals surface area contributed by atoms with Gasteiger partial charge in [0.15, 0.2) is 12.5 Å². The summed E-state index contributed by atoms with van der Waals surface area (Å²) in [6.07, 6.45) is -3.31. The highest BCUT2D eigenvalue weighted by Gasteiger charge is 2.48. The molecule has 11 rings (SSSR count). The van der Waals surface area contributed by atoms with Crippen LogP contribution in [0.5, 0.6) is 0 Å². The van der Waals surface area contributed by atoms with Gasteiger partial charge in [-0.25, -0.2) is 28.3 Å². The highest BCUT2D eigenvalue weighted by atomic mass is 19.1. The quantitative estimate of drug-likeness (QED) is 0.118. The van der Waals surface area contributed by atoms with Gasteiger partial charge >= 0.3 is 11.4 Å². The van der Waals surface area contributed by atoms with E-state index < -0.39 is 83.2 Å². The second kappa shape index (κ2) is 16.4. The molecular formula is C48H36F2N8O10. The van der Waals surface area contributed by atoms with Gasteiger partial charge in [-0.2, -0.15) is 0 Å². The Morgan fingerprint density at radius 3 is 1.25 bits per heavy atom. The zero-order chi connectivity index (χ0) is 47.1. The predicted molar refractivity (Wildman–Crippen MR) is 242 cm³/mol. The Kier molecular flexibility index (Phi) is 10.3. The zero-order valence-corrected chi connectivity index (χ0v) is 34.9. The van der Waals surface area contributed by atoms with Gasteiger partial charge in [0, 0.05) is 68.8 Å². The van der Waals surface area contributed by atoms with Crippen LogP contribution >= 0.6 is 0 Å². The fraction of sp³-hybridized carbons (Fsp3) is 0.167. The van der Waals surface area contributed by atoms with Gasteiger partial charge in [0.05, 0.1) is 22.8 Å². The maximum absolute atomic E-state index is 14.5. The van der Waals surface area contributed by atoms with Gasteiger partial charge in [-0.15, -0.1) is 0 Å². The molecule has 0 radical (unpaired) electrons. The molecule has 8 bridgehead atoms. The van der Waals surface area contributed by atoms with E-state index >= 15 is 0 Å². The number of rotatable bonds is 6. The van der Waals surface area contributed by atoms with E-state index in [2.05, 4.69) is 19.9 Å². The minimum Gasteiger partial charge on any atom is -0.387 e. The molecule has 0 saturated carbocycles. The van der Waals surface area contributed by atoms with E-state index in [0.29, 0.717) is 61.3 Å². The number of benzene rings is 2. The summed E-state index contributed by atoms with van der Waals surface area (Å²) in [7, 11) is 0. The Bertz CT molecular complexity index is 3520. The Labute approximate surface area is 379 Å². The molecule has 8 atom stereocenters. The summed E-state index contributed by atoms with van der Waals surface area (Å²) in [5.41, 5.74) is 2.05. The predicted octanol–water partition coefficient (Wildman–Crippen LogP) is 3.95. The number of aromatic amines is 4. The van der Waals surface area contributed by atoms with E-state index in [1.165, 1.54) is 24.3 Å². The number of ether oxygens (including phenoxy) is 2. The van der Waals surface area contributed by atoms with Crippen LogP contribution in [0.1, 0.15) is 58.6 Å². The van der Waals surface area contributed by atoms with Gasteiger partial charge in [-0.1, -0.05) is 24.3 Å². The maximum Gasteiger partial charge on any atom is 0.330 e. The van der Waals surface area contributed by atoms with Crippen molar-refractivity contribution in [2.75, 3.05) is 0 Å². The first-order valence-electron chi connectivity index (χ1n) is 21.2. The summed E-state index contributed by atoms with van der Waals surface area (Å²) in [4.78, 5) is 70.9. The molecule has 7 aromatic rings. The summed E-state index contributed by atoms with van der Waals surface area (Å²) in [6, 6.07) is 20.4. The van der Waals surface area contributed by atoms with Crippen LogP contribution in [-0.2, 0) is 9.47 Å². The Morgan fingerprint density at radius 1 is 0.456 bits per heavy atom. The smallest absolute Gasteiger partial charge is 0.330 e. The maximum atomic E-state index is 14.5. The van der Waals surface area contributed by atoms with Crippen LogP contribution in [0.2, 0.25) is 0 Å². The Balaban J connectivity index is 1.21. The number of aromatic nitrogens is 8. The molecule has 4 aliphatic heterocycles. The lowest BCUT2D eigenvalue weighted by Gasteiger charge is -2.17. The summed E-state index contributed by atoms with van der Waals surface area (Å²) >= 11 is 0. The highest BCUT2D eigenvalue weighted by molar-refractivity contribution is 5.94. The van der Waals surface area contributed by atoms with Gasteiger partial charge in [-0.05, 0) is 84.0 Å². The number of halogens is 2. The molecule has 342 valence electrons. The second-order valence-electron chi connectivity index (χ2n) is 16.5. The number of aliphatic hydroxyl groups is 4. The molecular weight excluding hydrogens is 887 g/mol. The summed E-state index contributed by atoms with van der Waals surface area (Å²) in [5.74, 6) is -1.00. The number of fused-ring (bicyclic) bond motifs is 8. The van der Waals surface area contributed by atoms with Crippen molar-refractivity contribution in [3.8, 4) is 22.3 Å². The van der Waals surface area contributed by atoms with Gasteiger partial charge in [-0.3, -0.25) is 28.7 Å². The van der Waals surface area contributed by atoms with E-state index in [0.717, 1.165) is 33.7 Å². The first-order chi connectivity index (χ1) is 32.8. The van der Waals surface area contributed by atoms with Crippen molar-refractivity contribution in [3.63, 3.8) is 0 Å². The van der Waals surface area contributed by atoms with E-state index in [-0.39, 0.29) is 17.0 Å². The van der Waals surface area contributed by atoms with Crippen molar-refractivity contribution in [1.29, 1.82) is 0 Å². The fourth-order valence-corrected chi connectivity index (χ4v) is 9.20. The lowest BCUT2D eigenvalue weighted by molar-refractivity contribution is -0.0410. The molecule has 0 aliphatic carbocycles. The molecule has 2 fully saturated rings. The van der Waals surface area contributed by atoms with Crippen LogP contribution in [0.4, 0.5) is 8.78 Å². The largest absolute Gasteiger partial charge is 0.387 e. The molecule has 2 saturated heterocycles. The van der Waals surface area contributed by atoms with Gasteiger partial charge in [0.1, 0.15) is 48.3 Å². The molecule has 8 N–H and O–H groups in total. The number of nitrogens with one attached hydrogen (secondary N) is 4. The summed E-state index contributed by atoms with van der Waals surface area (Å²) in [5, 5.41) is 46.4. The molecule has 68 heavy (non-hydrogen) atoms. The van der Waals surface area contributed by atoms with Gasteiger partial charge in [0.2, 0.25) is 0 Å². The third-order valence-electron chi connectivity index (χ3n) is 12.4.